The fourth-order valence-corrected chi connectivity index (χ4v) is 3.99. The van der Waals surface area contributed by atoms with Gasteiger partial charge in [-0.3, -0.25) is 4.79 Å². The molecule has 138 valence electrons. The second-order valence-corrected chi connectivity index (χ2v) is 7.40. The summed E-state index contributed by atoms with van der Waals surface area (Å²) in [6.45, 7) is 0.726. The van der Waals surface area contributed by atoms with Crippen molar-refractivity contribution in [2.45, 2.75) is 11.3 Å². The summed E-state index contributed by atoms with van der Waals surface area (Å²) in [5.41, 5.74) is 12.0. The molecule has 0 fully saturated rings. The first-order valence-electron chi connectivity index (χ1n) is 7.56. The maximum absolute atomic E-state index is 12.8. The average Bonchev–Trinajstić information content (AvgIpc) is 2.95. The molecule has 0 bridgehead atoms. The van der Waals surface area contributed by atoms with Crippen LogP contribution in [-0.4, -0.2) is 42.8 Å². The highest BCUT2D eigenvalue weighted by atomic mass is 35.5. The first-order valence-corrected chi connectivity index (χ1v) is 9.00. The summed E-state index contributed by atoms with van der Waals surface area (Å²) in [4.78, 5) is 11.4. The van der Waals surface area contributed by atoms with Crippen LogP contribution in [0.5, 0.6) is 0 Å². The molecule has 1 amide bonds. The Kier molecular flexibility index (Phi) is 7.62. The molecule has 2 rings (SSSR count). The van der Waals surface area contributed by atoms with E-state index in [4.69, 9.17) is 11.5 Å². The molecule has 1 aromatic heterocycles. The third-order valence-electron chi connectivity index (χ3n) is 3.74. The largest absolute Gasteiger partial charge is 0.364 e. The Labute approximate surface area is 154 Å². The van der Waals surface area contributed by atoms with Crippen LogP contribution < -0.4 is 11.5 Å². The van der Waals surface area contributed by atoms with Gasteiger partial charge in [-0.25, -0.2) is 8.42 Å². The average molecular weight is 387 g/mol. The summed E-state index contributed by atoms with van der Waals surface area (Å²) in [7, 11) is -2.16. The molecule has 0 aliphatic rings. The number of sulfonamides is 1. The molecule has 2 aromatic rings. The molecule has 1 heterocycles. The van der Waals surface area contributed by atoms with E-state index < -0.39 is 15.9 Å². The predicted molar refractivity (Wildman–Crippen MR) is 99.1 cm³/mol. The molecule has 1 aromatic carbocycles. The lowest BCUT2D eigenvalue weighted by molar-refractivity contribution is 0.0992. The summed E-state index contributed by atoms with van der Waals surface area (Å²) < 4.78 is 28.4. The van der Waals surface area contributed by atoms with Crippen LogP contribution in [0.2, 0.25) is 0 Å². The lowest BCUT2D eigenvalue weighted by Crippen LogP contribution is -2.36. The summed E-state index contributed by atoms with van der Waals surface area (Å²) in [5, 5.41) is 0. The van der Waals surface area contributed by atoms with Gasteiger partial charge in [-0.15, -0.1) is 12.4 Å². The van der Waals surface area contributed by atoms with E-state index in [1.54, 1.807) is 7.05 Å². The van der Waals surface area contributed by atoms with E-state index in [9.17, 15) is 13.2 Å². The van der Waals surface area contributed by atoms with Gasteiger partial charge in [-0.1, -0.05) is 30.3 Å². The molecule has 7 nitrogen and oxygen atoms in total. The number of halogens is 1. The third kappa shape index (κ3) is 5.05. The third-order valence-corrected chi connectivity index (χ3v) is 5.61. The number of hydrogen-bond donors (Lipinski definition) is 2. The van der Waals surface area contributed by atoms with Gasteiger partial charge in [0.15, 0.2) is 0 Å². The number of primary amides is 1. The standard InChI is InChI=1S/C16H22N4O3S.ClH/c1-19-12-14(11-15(19)16(18)21)24(22,23)20(10-8-17)9-7-13-5-3-2-4-6-13;/h2-6,11-12H,7-10,17H2,1H3,(H2,18,21);1H. The number of nitrogens with zero attached hydrogens (tertiary/aromatic N) is 2. The molecule has 25 heavy (non-hydrogen) atoms. The van der Waals surface area contributed by atoms with Crippen LogP contribution in [0.4, 0.5) is 0 Å². The molecule has 0 saturated carbocycles. The van der Waals surface area contributed by atoms with Crippen molar-refractivity contribution in [3.05, 3.63) is 53.9 Å². The topological polar surface area (TPSA) is 111 Å². The first kappa shape index (κ1) is 21.2. The minimum absolute atomic E-state index is 0. The molecule has 4 N–H and O–H groups in total. The van der Waals surface area contributed by atoms with E-state index in [-0.39, 0.29) is 36.1 Å². The highest BCUT2D eigenvalue weighted by Crippen LogP contribution is 2.19. The molecule has 0 aliphatic heterocycles. The Bertz CT molecular complexity index is 806. The zero-order chi connectivity index (χ0) is 17.7. The van der Waals surface area contributed by atoms with Crippen molar-refractivity contribution >= 4 is 28.3 Å². The van der Waals surface area contributed by atoms with Crippen molar-refractivity contribution in [3.63, 3.8) is 0 Å². The predicted octanol–water partition coefficient (Wildman–Crippen LogP) is 0.738. The summed E-state index contributed by atoms with van der Waals surface area (Å²) >= 11 is 0. The number of benzene rings is 1. The highest BCUT2D eigenvalue weighted by molar-refractivity contribution is 7.89. The second kappa shape index (κ2) is 9.00. The SMILES string of the molecule is Cl.Cn1cc(S(=O)(=O)N(CCN)CCc2ccccc2)cc1C(N)=O. The number of hydrogen-bond acceptors (Lipinski definition) is 4. The van der Waals surface area contributed by atoms with Crippen molar-refractivity contribution in [2.75, 3.05) is 19.6 Å². The molecule has 0 aliphatic carbocycles. The van der Waals surface area contributed by atoms with Crippen LogP contribution in [0.15, 0.2) is 47.5 Å². The fraction of sp³-hybridized carbons (Fsp3) is 0.312. The lowest BCUT2D eigenvalue weighted by atomic mass is 10.1. The van der Waals surface area contributed by atoms with E-state index >= 15 is 0 Å². The van der Waals surface area contributed by atoms with Crippen molar-refractivity contribution in [2.24, 2.45) is 18.5 Å². The van der Waals surface area contributed by atoms with Crippen molar-refractivity contribution in [3.8, 4) is 0 Å². The van der Waals surface area contributed by atoms with E-state index in [1.165, 1.54) is 21.1 Å². The molecule has 0 atom stereocenters. The normalized spacial score (nSPS) is 11.3. The van der Waals surface area contributed by atoms with E-state index in [2.05, 4.69) is 0 Å². The summed E-state index contributed by atoms with van der Waals surface area (Å²) in [6.07, 6.45) is 1.97. The Morgan fingerprint density at radius 1 is 1.20 bits per heavy atom. The Morgan fingerprint density at radius 3 is 2.36 bits per heavy atom. The molecule has 0 radical (unpaired) electrons. The number of nitrogens with two attached hydrogens (primary N) is 2. The van der Waals surface area contributed by atoms with Crippen molar-refractivity contribution < 1.29 is 13.2 Å². The van der Waals surface area contributed by atoms with E-state index in [0.29, 0.717) is 13.0 Å². The number of aryl methyl sites for hydroxylation is 1. The molecular weight excluding hydrogens is 364 g/mol. The van der Waals surface area contributed by atoms with Gasteiger partial charge in [-0.05, 0) is 18.1 Å². The quantitative estimate of drug-likeness (QED) is 0.696. The minimum atomic E-state index is -3.74. The maximum atomic E-state index is 12.8. The van der Waals surface area contributed by atoms with Crippen molar-refractivity contribution in [1.82, 2.24) is 8.87 Å². The van der Waals surface area contributed by atoms with Crippen LogP contribution in [0.1, 0.15) is 16.1 Å². The highest BCUT2D eigenvalue weighted by Gasteiger charge is 2.26. The number of rotatable bonds is 8. The summed E-state index contributed by atoms with van der Waals surface area (Å²) in [6, 6.07) is 10.9. The first-order chi connectivity index (χ1) is 11.4. The van der Waals surface area contributed by atoms with Gasteiger partial charge in [-0.2, -0.15) is 4.31 Å². The van der Waals surface area contributed by atoms with Crippen LogP contribution >= 0.6 is 12.4 Å². The number of carbonyl (C=O) groups is 1. The van der Waals surface area contributed by atoms with Gasteiger partial charge in [0.1, 0.15) is 10.6 Å². The molecule has 0 spiro atoms. The fourth-order valence-electron chi connectivity index (χ4n) is 2.46. The van der Waals surface area contributed by atoms with Crippen LogP contribution in [0.25, 0.3) is 0 Å². The molecule has 9 heteroatoms. The Hall–Kier alpha value is -1.87. The Morgan fingerprint density at radius 2 is 1.84 bits per heavy atom. The van der Waals surface area contributed by atoms with Crippen LogP contribution in [-0.2, 0) is 23.5 Å². The van der Waals surface area contributed by atoms with Gasteiger partial charge in [0.25, 0.3) is 5.91 Å². The van der Waals surface area contributed by atoms with Gasteiger partial charge in [0.05, 0.1) is 0 Å². The van der Waals surface area contributed by atoms with Gasteiger partial charge in [0.2, 0.25) is 10.0 Å². The van der Waals surface area contributed by atoms with Gasteiger partial charge >= 0.3 is 0 Å². The van der Waals surface area contributed by atoms with Crippen LogP contribution in [0.3, 0.4) is 0 Å². The smallest absolute Gasteiger partial charge is 0.265 e. The van der Waals surface area contributed by atoms with E-state index in [1.807, 2.05) is 30.3 Å². The zero-order valence-electron chi connectivity index (χ0n) is 14.0. The van der Waals surface area contributed by atoms with Gasteiger partial charge < -0.3 is 16.0 Å². The number of amides is 1. The number of carbonyl (C=O) groups excluding carboxylic acids is 1. The molecular formula is C16H23ClN4O3S. The minimum Gasteiger partial charge on any atom is -0.364 e. The van der Waals surface area contributed by atoms with Crippen molar-refractivity contribution in [1.29, 1.82) is 0 Å². The second-order valence-electron chi connectivity index (χ2n) is 5.46. The van der Waals surface area contributed by atoms with Gasteiger partial charge in [0, 0.05) is 32.9 Å². The number of aromatic nitrogens is 1. The maximum Gasteiger partial charge on any atom is 0.265 e. The lowest BCUT2D eigenvalue weighted by Gasteiger charge is -2.21. The zero-order valence-corrected chi connectivity index (χ0v) is 15.6. The molecule has 0 unspecified atom stereocenters. The van der Waals surface area contributed by atoms with Crippen LogP contribution in [0, 0.1) is 0 Å². The molecule has 0 saturated heterocycles. The summed E-state index contributed by atoms with van der Waals surface area (Å²) in [5.74, 6) is -0.673. The Balaban J connectivity index is 0.00000312. The monoisotopic (exact) mass is 386 g/mol. The van der Waals surface area contributed by atoms with E-state index in [0.717, 1.165) is 5.56 Å².